The summed E-state index contributed by atoms with van der Waals surface area (Å²) in [4.78, 5) is 6.51. The van der Waals surface area contributed by atoms with Gasteiger partial charge < -0.3 is 14.5 Å². The van der Waals surface area contributed by atoms with E-state index in [0.717, 1.165) is 16.8 Å². The highest BCUT2D eigenvalue weighted by Gasteiger charge is 2.26. The molecule has 0 atom stereocenters. The maximum atomic E-state index is 9.07. The van der Waals surface area contributed by atoms with Crippen LogP contribution in [0.5, 0.6) is 0 Å². The van der Waals surface area contributed by atoms with Crippen molar-refractivity contribution >= 4 is 5.95 Å². The van der Waals surface area contributed by atoms with Gasteiger partial charge in [-0.1, -0.05) is 18.2 Å². The number of benzene rings is 1. The molecule has 0 fully saturated rings. The van der Waals surface area contributed by atoms with E-state index in [1.54, 1.807) is 0 Å². The lowest BCUT2D eigenvalue weighted by Gasteiger charge is -2.12. The van der Waals surface area contributed by atoms with E-state index in [2.05, 4.69) is 15.2 Å². The molecule has 7 heteroatoms. The minimum absolute atomic E-state index is 0.0779. The monoisotopic (exact) mass is 297 g/mol. The Morgan fingerprint density at radius 1 is 1.18 bits per heavy atom. The van der Waals surface area contributed by atoms with E-state index in [4.69, 9.17) is 9.63 Å². The zero-order valence-electron chi connectivity index (χ0n) is 11.9. The summed E-state index contributed by atoms with van der Waals surface area (Å²) in [5.41, 5.74) is 3.14. The zero-order valence-corrected chi connectivity index (χ0v) is 11.9. The minimum atomic E-state index is 0.0779. The first-order valence-corrected chi connectivity index (χ1v) is 7.13. The molecule has 0 spiro atoms. The normalized spacial score (nSPS) is 13.6. The predicted molar refractivity (Wildman–Crippen MR) is 78.9 cm³/mol. The van der Waals surface area contributed by atoms with Gasteiger partial charge in [-0.05, 0) is 17.3 Å². The second kappa shape index (κ2) is 5.27. The molecule has 1 N–H and O–H groups in total. The number of hydrogen-bond donors (Lipinski definition) is 1. The highest BCUT2D eigenvalue weighted by Crippen LogP contribution is 2.28. The molecule has 7 nitrogen and oxygen atoms in total. The quantitative estimate of drug-likeness (QED) is 0.785. The fourth-order valence-electron chi connectivity index (χ4n) is 2.68. The van der Waals surface area contributed by atoms with Gasteiger partial charge in [0.1, 0.15) is 0 Å². The maximum absolute atomic E-state index is 9.07. The van der Waals surface area contributed by atoms with E-state index in [-0.39, 0.29) is 6.61 Å². The highest BCUT2D eigenvalue weighted by atomic mass is 16.5. The molecule has 0 radical (unpaired) electrons. The number of fused-ring (bicyclic) bond motifs is 1. The lowest BCUT2D eigenvalue weighted by atomic mass is 10.2. The smallest absolute Gasteiger partial charge is 0.267 e. The van der Waals surface area contributed by atoms with E-state index < -0.39 is 0 Å². The molecule has 0 unspecified atom stereocenters. The molecule has 0 amide bonds. The van der Waals surface area contributed by atoms with Crippen LogP contribution in [-0.2, 0) is 19.6 Å². The molecular weight excluding hydrogens is 282 g/mol. The molecular formula is C15H15N5O2. The van der Waals surface area contributed by atoms with Gasteiger partial charge in [0.2, 0.25) is 0 Å². The Hall–Kier alpha value is -2.67. The summed E-state index contributed by atoms with van der Waals surface area (Å²) < 4.78 is 7.18. The van der Waals surface area contributed by atoms with E-state index in [1.165, 1.54) is 0 Å². The van der Waals surface area contributed by atoms with E-state index >= 15 is 0 Å². The summed E-state index contributed by atoms with van der Waals surface area (Å²) in [7, 11) is 0. The van der Waals surface area contributed by atoms with Crippen molar-refractivity contribution in [2.75, 3.05) is 11.5 Å². The van der Waals surface area contributed by atoms with Crippen LogP contribution in [0.4, 0.5) is 5.95 Å². The first-order valence-electron chi connectivity index (χ1n) is 7.13. The SMILES string of the molecule is OCCn1ncc2c1CN(c1noc(-c3ccccc3)n1)C2. The van der Waals surface area contributed by atoms with Crippen LogP contribution in [0.2, 0.25) is 0 Å². The molecule has 3 heterocycles. The summed E-state index contributed by atoms with van der Waals surface area (Å²) in [5.74, 6) is 1.09. The third kappa shape index (κ3) is 2.15. The van der Waals surface area contributed by atoms with Crippen molar-refractivity contribution in [3.63, 3.8) is 0 Å². The van der Waals surface area contributed by atoms with E-state index in [9.17, 15) is 0 Å². The van der Waals surface area contributed by atoms with Crippen molar-refractivity contribution in [2.45, 2.75) is 19.6 Å². The first-order chi connectivity index (χ1) is 10.8. The van der Waals surface area contributed by atoms with Gasteiger partial charge in [-0.2, -0.15) is 10.1 Å². The van der Waals surface area contributed by atoms with Crippen molar-refractivity contribution in [3.05, 3.63) is 47.8 Å². The fourth-order valence-corrected chi connectivity index (χ4v) is 2.68. The molecule has 2 aromatic heterocycles. The van der Waals surface area contributed by atoms with Crippen molar-refractivity contribution in [1.29, 1.82) is 0 Å². The summed E-state index contributed by atoms with van der Waals surface area (Å²) in [6.45, 7) is 1.96. The number of aliphatic hydroxyl groups excluding tert-OH is 1. The van der Waals surface area contributed by atoms with Crippen molar-refractivity contribution in [3.8, 4) is 11.5 Å². The number of anilines is 1. The molecule has 0 saturated carbocycles. The van der Waals surface area contributed by atoms with Crippen molar-refractivity contribution in [1.82, 2.24) is 19.9 Å². The van der Waals surface area contributed by atoms with Crippen LogP contribution in [0.25, 0.3) is 11.5 Å². The molecule has 1 aromatic carbocycles. The minimum Gasteiger partial charge on any atom is -0.394 e. The van der Waals surface area contributed by atoms with Gasteiger partial charge in [-0.3, -0.25) is 4.68 Å². The van der Waals surface area contributed by atoms with Crippen LogP contribution in [0, 0.1) is 0 Å². The molecule has 4 rings (SSSR count). The van der Waals surface area contributed by atoms with Gasteiger partial charge in [0.15, 0.2) is 0 Å². The Bertz CT molecular complexity index is 780. The van der Waals surface area contributed by atoms with Crippen molar-refractivity contribution in [2.24, 2.45) is 0 Å². The van der Waals surface area contributed by atoms with Crippen molar-refractivity contribution < 1.29 is 9.63 Å². The third-order valence-electron chi connectivity index (χ3n) is 3.77. The van der Waals surface area contributed by atoms with Crippen LogP contribution < -0.4 is 4.90 Å². The lowest BCUT2D eigenvalue weighted by Crippen LogP contribution is -2.18. The second-order valence-corrected chi connectivity index (χ2v) is 5.18. The van der Waals surface area contributed by atoms with Crippen LogP contribution in [-0.4, -0.2) is 31.6 Å². The molecule has 112 valence electrons. The first kappa shape index (κ1) is 13.0. The Kier molecular flexibility index (Phi) is 3.12. The molecule has 1 aliphatic heterocycles. The van der Waals surface area contributed by atoms with Gasteiger partial charge in [0.25, 0.3) is 11.8 Å². The molecule has 0 bridgehead atoms. The van der Waals surface area contributed by atoms with Gasteiger partial charge >= 0.3 is 0 Å². The summed E-state index contributed by atoms with van der Waals surface area (Å²) in [5, 5.41) is 17.4. The summed E-state index contributed by atoms with van der Waals surface area (Å²) in [6, 6.07) is 9.71. The Morgan fingerprint density at radius 3 is 2.86 bits per heavy atom. The van der Waals surface area contributed by atoms with Crippen LogP contribution >= 0.6 is 0 Å². The van der Waals surface area contributed by atoms with Crippen LogP contribution in [0.3, 0.4) is 0 Å². The number of hydrogen-bond acceptors (Lipinski definition) is 6. The average molecular weight is 297 g/mol. The Labute approximate surface area is 126 Å². The van der Waals surface area contributed by atoms with Gasteiger partial charge in [0, 0.05) is 17.7 Å². The highest BCUT2D eigenvalue weighted by molar-refractivity contribution is 5.54. The molecule has 22 heavy (non-hydrogen) atoms. The lowest BCUT2D eigenvalue weighted by molar-refractivity contribution is 0.267. The molecule has 3 aromatic rings. The average Bonchev–Trinajstić information content (AvgIpc) is 3.24. The number of aromatic nitrogens is 4. The fraction of sp³-hybridized carbons (Fsp3) is 0.267. The van der Waals surface area contributed by atoms with Crippen LogP contribution in [0.15, 0.2) is 41.1 Å². The maximum Gasteiger partial charge on any atom is 0.267 e. The topological polar surface area (TPSA) is 80.2 Å². The Balaban J connectivity index is 1.56. The summed E-state index contributed by atoms with van der Waals surface area (Å²) >= 11 is 0. The second-order valence-electron chi connectivity index (χ2n) is 5.18. The number of rotatable bonds is 4. The number of aliphatic hydroxyl groups is 1. The van der Waals surface area contributed by atoms with E-state index in [0.29, 0.717) is 31.5 Å². The molecule has 0 aliphatic carbocycles. The zero-order chi connectivity index (χ0) is 14.9. The largest absolute Gasteiger partial charge is 0.394 e. The van der Waals surface area contributed by atoms with Gasteiger partial charge in [0.05, 0.1) is 31.6 Å². The molecule has 0 saturated heterocycles. The summed E-state index contributed by atoms with van der Waals surface area (Å²) in [6.07, 6.45) is 1.84. The Morgan fingerprint density at radius 2 is 2.05 bits per heavy atom. The third-order valence-corrected chi connectivity index (χ3v) is 3.77. The molecule has 1 aliphatic rings. The van der Waals surface area contributed by atoms with Gasteiger partial charge in [-0.15, -0.1) is 0 Å². The van der Waals surface area contributed by atoms with E-state index in [1.807, 2.05) is 46.1 Å². The standard InChI is InChI=1S/C15H15N5O2/c21-7-6-20-13-10-19(9-12(13)8-16-20)15-17-14(22-18-15)11-4-2-1-3-5-11/h1-5,8,21H,6-7,9-10H2. The van der Waals surface area contributed by atoms with Crippen LogP contribution in [0.1, 0.15) is 11.3 Å². The van der Waals surface area contributed by atoms with Gasteiger partial charge in [-0.25, -0.2) is 0 Å². The predicted octanol–water partition coefficient (Wildman–Crippen LogP) is 1.45. The number of nitrogens with zero attached hydrogens (tertiary/aromatic N) is 5.